The number of carbonyl (C=O) groups excluding carboxylic acids is 1. The third-order valence-electron chi connectivity index (χ3n) is 2.81. The Morgan fingerprint density at radius 3 is 2.23 bits per heavy atom. The van der Waals surface area contributed by atoms with Crippen LogP contribution in [0.25, 0.3) is 0 Å². The van der Waals surface area contributed by atoms with Gasteiger partial charge in [-0.2, -0.15) is 0 Å². The number of aldehydes is 1. The molecule has 0 aromatic carbocycles. The Bertz CT molecular complexity index is 223. The van der Waals surface area contributed by atoms with Crippen LogP contribution in [0.15, 0.2) is 9.16 Å². The zero-order valence-corrected chi connectivity index (χ0v) is 11.9. The molecule has 0 atom stereocenters. The molecule has 1 aliphatic rings. The van der Waals surface area contributed by atoms with Gasteiger partial charge in [0, 0.05) is 0 Å². The van der Waals surface area contributed by atoms with Crippen LogP contribution in [0.5, 0.6) is 0 Å². The predicted molar refractivity (Wildman–Crippen MR) is 59.5 cm³/mol. The van der Waals surface area contributed by atoms with Crippen LogP contribution < -0.4 is 0 Å². The third kappa shape index (κ3) is 3.12. The van der Waals surface area contributed by atoms with Crippen LogP contribution in [0.1, 0.15) is 32.1 Å². The van der Waals surface area contributed by atoms with Gasteiger partial charge in [0.1, 0.15) is 0 Å². The molecule has 0 N–H and O–H groups in total. The summed E-state index contributed by atoms with van der Waals surface area (Å²) in [5, 5.41) is 0. The van der Waals surface area contributed by atoms with E-state index in [9.17, 15) is 4.79 Å². The molecule has 0 unspecified atom stereocenters. The average Bonchev–Trinajstić information content (AvgIpc) is 2.26. The molecule has 0 bridgehead atoms. The molecule has 74 valence electrons. The molecular formula is C11H20OSn. The first-order chi connectivity index (χ1) is 6.05. The molecule has 1 rings (SSSR count). The van der Waals surface area contributed by atoms with Crippen molar-refractivity contribution in [2.75, 3.05) is 0 Å². The summed E-state index contributed by atoms with van der Waals surface area (Å²) in [4.78, 5) is 18.2. The Kier molecular flexibility index (Phi) is 4.02. The average molecular weight is 287 g/mol. The first-order valence-electron chi connectivity index (χ1n) is 5.23. The molecule has 0 aromatic heterocycles. The monoisotopic (exact) mass is 288 g/mol. The third-order valence-corrected chi connectivity index (χ3v) is 9.61. The number of allylic oxidation sites excluding steroid dienone is 2. The number of hydrogen-bond donors (Lipinski definition) is 0. The van der Waals surface area contributed by atoms with Crippen LogP contribution in [0.3, 0.4) is 0 Å². The van der Waals surface area contributed by atoms with Crippen LogP contribution in [0.2, 0.25) is 14.8 Å². The van der Waals surface area contributed by atoms with Crippen molar-refractivity contribution in [2.24, 2.45) is 0 Å². The fourth-order valence-corrected chi connectivity index (χ4v) is 8.01. The summed E-state index contributed by atoms with van der Waals surface area (Å²) in [6, 6.07) is 0. The molecule has 0 heterocycles. The summed E-state index contributed by atoms with van der Waals surface area (Å²) in [5.74, 6) is 0. The standard InChI is InChI=1S/C8H11O.3CH3.Sn/c9-7-8-5-3-1-2-4-6-8;;;;/h7H,1-5H2;3*1H3;. The van der Waals surface area contributed by atoms with Crippen LogP contribution >= 0.6 is 0 Å². The minimum atomic E-state index is -1.94. The van der Waals surface area contributed by atoms with Crippen molar-refractivity contribution in [3.63, 3.8) is 0 Å². The Balaban J connectivity index is 2.95. The van der Waals surface area contributed by atoms with E-state index in [2.05, 4.69) is 14.8 Å². The molecule has 13 heavy (non-hydrogen) atoms. The van der Waals surface area contributed by atoms with Crippen LogP contribution in [0.4, 0.5) is 0 Å². The van der Waals surface area contributed by atoms with Gasteiger partial charge in [-0.3, -0.25) is 0 Å². The van der Waals surface area contributed by atoms with Gasteiger partial charge in [0.15, 0.2) is 0 Å². The second kappa shape index (κ2) is 4.63. The summed E-state index contributed by atoms with van der Waals surface area (Å²) < 4.78 is 1.60. The molecule has 0 radical (unpaired) electrons. The van der Waals surface area contributed by atoms with Crippen molar-refractivity contribution >= 4 is 24.7 Å². The van der Waals surface area contributed by atoms with Crippen LogP contribution in [-0.2, 0) is 4.79 Å². The molecule has 0 saturated heterocycles. The van der Waals surface area contributed by atoms with E-state index >= 15 is 0 Å². The van der Waals surface area contributed by atoms with Crippen LogP contribution in [0, 0.1) is 0 Å². The molecule has 0 saturated carbocycles. The first kappa shape index (κ1) is 11.3. The van der Waals surface area contributed by atoms with Gasteiger partial charge in [0.25, 0.3) is 0 Å². The van der Waals surface area contributed by atoms with Gasteiger partial charge in [0.05, 0.1) is 0 Å². The van der Waals surface area contributed by atoms with E-state index in [-0.39, 0.29) is 0 Å². The second-order valence-electron chi connectivity index (χ2n) is 4.93. The second-order valence-corrected chi connectivity index (χ2v) is 19.5. The molecule has 0 amide bonds. The molecule has 1 nitrogen and oxygen atoms in total. The fraction of sp³-hybridized carbons (Fsp3) is 0.727. The summed E-state index contributed by atoms with van der Waals surface area (Å²) in [7, 11) is 0. The fourth-order valence-electron chi connectivity index (χ4n) is 2.09. The molecule has 0 aromatic rings. The summed E-state index contributed by atoms with van der Waals surface area (Å²) in [6.07, 6.45) is 7.23. The van der Waals surface area contributed by atoms with E-state index in [4.69, 9.17) is 0 Å². The van der Waals surface area contributed by atoms with E-state index in [0.717, 1.165) is 12.7 Å². The molecule has 0 aliphatic heterocycles. The van der Waals surface area contributed by atoms with Crippen LogP contribution in [-0.4, -0.2) is 24.7 Å². The summed E-state index contributed by atoms with van der Waals surface area (Å²) in [5.41, 5.74) is 1.17. The van der Waals surface area contributed by atoms with Crippen molar-refractivity contribution in [1.82, 2.24) is 0 Å². The van der Waals surface area contributed by atoms with Gasteiger partial charge >= 0.3 is 85.5 Å². The summed E-state index contributed by atoms with van der Waals surface area (Å²) >= 11 is -1.94. The number of rotatable bonds is 2. The van der Waals surface area contributed by atoms with Crippen molar-refractivity contribution in [3.05, 3.63) is 9.16 Å². The maximum absolute atomic E-state index is 10.9. The van der Waals surface area contributed by atoms with Gasteiger partial charge in [-0.25, -0.2) is 0 Å². The van der Waals surface area contributed by atoms with Gasteiger partial charge in [0.2, 0.25) is 0 Å². The molecule has 1 aliphatic carbocycles. The number of carbonyl (C=O) groups is 1. The Morgan fingerprint density at radius 1 is 1.08 bits per heavy atom. The van der Waals surface area contributed by atoms with Gasteiger partial charge in [-0.05, 0) is 0 Å². The Morgan fingerprint density at radius 2 is 1.69 bits per heavy atom. The van der Waals surface area contributed by atoms with Crippen molar-refractivity contribution in [2.45, 2.75) is 46.9 Å². The Hall–Kier alpha value is 0.209. The van der Waals surface area contributed by atoms with Gasteiger partial charge < -0.3 is 0 Å². The zero-order valence-electron chi connectivity index (χ0n) is 9.02. The molecule has 0 spiro atoms. The van der Waals surface area contributed by atoms with E-state index in [1.54, 1.807) is 3.59 Å². The minimum absolute atomic E-state index is 1.05. The van der Waals surface area contributed by atoms with Crippen molar-refractivity contribution < 1.29 is 4.79 Å². The number of hydrogen-bond acceptors (Lipinski definition) is 1. The predicted octanol–water partition coefficient (Wildman–Crippen LogP) is 3.32. The molecule has 2 heteroatoms. The quantitative estimate of drug-likeness (QED) is 0.562. The normalized spacial score (nSPS) is 19.9. The van der Waals surface area contributed by atoms with Crippen molar-refractivity contribution in [1.29, 1.82) is 0 Å². The van der Waals surface area contributed by atoms with Gasteiger partial charge in [-0.15, -0.1) is 0 Å². The Labute approximate surface area is 85.5 Å². The molecule has 0 fully saturated rings. The zero-order chi connectivity index (χ0) is 9.90. The van der Waals surface area contributed by atoms with E-state index in [1.165, 1.54) is 31.3 Å². The molecular weight excluding hydrogens is 267 g/mol. The van der Waals surface area contributed by atoms with E-state index in [1.807, 2.05) is 0 Å². The van der Waals surface area contributed by atoms with Crippen molar-refractivity contribution in [3.8, 4) is 0 Å². The van der Waals surface area contributed by atoms with E-state index < -0.39 is 18.4 Å². The maximum atomic E-state index is 10.9. The first-order valence-corrected chi connectivity index (χ1v) is 15.2. The topological polar surface area (TPSA) is 17.1 Å². The van der Waals surface area contributed by atoms with Gasteiger partial charge in [-0.1, -0.05) is 0 Å². The van der Waals surface area contributed by atoms with E-state index in [0.29, 0.717) is 0 Å². The SMILES string of the molecule is [CH3][Sn]([CH3])([CH3])[C]1=C(C=O)CCCCC1. The summed E-state index contributed by atoms with van der Waals surface area (Å²) in [6.45, 7) is 0.